The number of carbonyl (C=O) groups excluding carboxylic acids is 1. The minimum absolute atomic E-state index is 0.0540. The zero-order valence-electron chi connectivity index (χ0n) is 19.4. The molecule has 2 aromatic heterocycles. The number of nitrogens with one attached hydrogen (secondary N) is 3. The van der Waals surface area contributed by atoms with E-state index in [-0.39, 0.29) is 25.0 Å². The lowest BCUT2D eigenvalue weighted by atomic mass is 10.1. The summed E-state index contributed by atoms with van der Waals surface area (Å²) in [5, 5.41) is 15.7. The van der Waals surface area contributed by atoms with Crippen LogP contribution < -0.4 is 20.9 Å². The molecule has 0 atom stereocenters. The molecule has 38 heavy (non-hydrogen) atoms. The predicted octanol–water partition coefficient (Wildman–Crippen LogP) is 3.51. The summed E-state index contributed by atoms with van der Waals surface area (Å²) in [5.41, 5.74) is -1.13. The summed E-state index contributed by atoms with van der Waals surface area (Å²) >= 11 is 6.45. The van der Waals surface area contributed by atoms with E-state index >= 15 is 4.39 Å². The number of pyridine rings is 1. The van der Waals surface area contributed by atoms with E-state index in [1.165, 1.54) is 30.3 Å². The van der Waals surface area contributed by atoms with Crippen LogP contribution >= 0.6 is 22.9 Å². The number of aromatic hydroxyl groups is 1. The smallest absolute Gasteiger partial charge is 0.333 e. The first-order valence-electron chi connectivity index (χ1n) is 10.4. The summed E-state index contributed by atoms with van der Waals surface area (Å²) in [4.78, 5) is 24.8. The van der Waals surface area contributed by atoms with Gasteiger partial charge in [0.1, 0.15) is 14.9 Å². The highest BCUT2D eigenvalue weighted by Crippen LogP contribution is 2.33. The maximum atomic E-state index is 15.2. The van der Waals surface area contributed by atoms with Crippen molar-refractivity contribution in [3.05, 3.63) is 69.0 Å². The molecule has 0 fully saturated rings. The molecule has 0 saturated heterocycles. The van der Waals surface area contributed by atoms with Crippen LogP contribution in [0.2, 0.25) is 4.34 Å². The third-order valence-electron chi connectivity index (χ3n) is 5.26. The van der Waals surface area contributed by atoms with Gasteiger partial charge in [0.25, 0.3) is 15.6 Å². The normalized spacial score (nSPS) is 11.9. The number of thiophene rings is 1. The number of sulfonamides is 1. The van der Waals surface area contributed by atoms with E-state index in [0.717, 1.165) is 35.8 Å². The number of amides is 2. The van der Waals surface area contributed by atoms with E-state index in [0.29, 0.717) is 10.3 Å². The molecule has 4 rings (SSSR count). The van der Waals surface area contributed by atoms with Crippen LogP contribution in [-0.2, 0) is 19.9 Å². The number of hydrogen-bond donors (Lipinski definition) is 4. The van der Waals surface area contributed by atoms with Crippen molar-refractivity contribution in [1.82, 2.24) is 9.29 Å². The number of benzene rings is 2. The van der Waals surface area contributed by atoms with Gasteiger partial charge in [0.05, 0.1) is 10.0 Å². The van der Waals surface area contributed by atoms with Crippen molar-refractivity contribution in [1.29, 1.82) is 0 Å². The SMILES string of the molecule is CNc1ccc2c(=O)n(-c3ccc(NC(=O)NS(=O)(=O)c4ccc(Cl)s4)cc3F)c(O)c(S(C)(=O)=O)c2c1. The second-order valence-electron chi connectivity index (χ2n) is 7.86. The van der Waals surface area contributed by atoms with Gasteiger partial charge in [-0.3, -0.25) is 4.79 Å². The standard InChI is InChI=1S/C22H18ClFN4O7S3/c1-25-11-3-5-13-14(9-11)19(37(2,32)33)21(30)28(20(13)29)16-6-4-12(10-15(16)24)26-22(31)27-38(34,35)18-8-7-17(23)36-18/h3-10,25,30H,1-2H3,(H2,26,27,31). The third kappa shape index (κ3) is 5.18. The Labute approximate surface area is 224 Å². The Balaban J connectivity index is 1.74. The fourth-order valence-corrected chi connectivity index (χ4v) is 7.02. The first-order valence-corrected chi connectivity index (χ1v) is 15.0. The second-order valence-corrected chi connectivity index (χ2v) is 13.4. The van der Waals surface area contributed by atoms with E-state index in [2.05, 4.69) is 10.6 Å². The summed E-state index contributed by atoms with van der Waals surface area (Å²) in [5.74, 6) is -2.13. The summed E-state index contributed by atoms with van der Waals surface area (Å²) in [7, 11) is -6.75. The number of anilines is 2. The Kier molecular flexibility index (Phi) is 7.13. The van der Waals surface area contributed by atoms with E-state index in [9.17, 15) is 31.5 Å². The Hall–Kier alpha value is -3.66. The van der Waals surface area contributed by atoms with Crippen molar-refractivity contribution in [2.24, 2.45) is 0 Å². The van der Waals surface area contributed by atoms with Crippen LogP contribution in [0.5, 0.6) is 5.88 Å². The maximum absolute atomic E-state index is 15.2. The molecular formula is C22H18ClFN4O7S3. The van der Waals surface area contributed by atoms with Crippen molar-refractivity contribution in [3.8, 4) is 11.6 Å². The summed E-state index contributed by atoms with van der Waals surface area (Å²) in [6.07, 6.45) is 0.836. The number of sulfone groups is 1. The molecule has 0 radical (unpaired) electrons. The molecule has 0 spiro atoms. The summed E-state index contributed by atoms with van der Waals surface area (Å²) in [6, 6.07) is 8.48. The highest BCUT2D eigenvalue weighted by Gasteiger charge is 2.26. The molecule has 2 heterocycles. The Morgan fingerprint density at radius 2 is 1.71 bits per heavy atom. The molecule has 11 nitrogen and oxygen atoms in total. The third-order valence-corrected chi connectivity index (χ3v) is 9.46. The Bertz CT molecular complexity index is 1890. The minimum Gasteiger partial charge on any atom is -0.493 e. The van der Waals surface area contributed by atoms with E-state index in [4.69, 9.17) is 11.6 Å². The molecule has 16 heteroatoms. The molecule has 0 bridgehead atoms. The Morgan fingerprint density at radius 3 is 2.29 bits per heavy atom. The minimum atomic E-state index is -4.24. The number of rotatable bonds is 6. The fraction of sp³-hybridized carbons (Fsp3) is 0.0909. The highest BCUT2D eigenvalue weighted by molar-refractivity contribution is 7.92. The van der Waals surface area contributed by atoms with Gasteiger partial charge in [-0.15, -0.1) is 11.3 Å². The average molecular weight is 601 g/mol. The highest BCUT2D eigenvalue weighted by atomic mass is 35.5. The van der Waals surface area contributed by atoms with Crippen LogP contribution in [0.1, 0.15) is 0 Å². The van der Waals surface area contributed by atoms with E-state index in [1.807, 2.05) is 0 Å². The monoisotopic (exact) mass is 600 g/mol. The summed E-state index contributed by atoms with van der Waals surface area (Å²) < 4.78 is 67.0. The lowest BCUT2D eigenvalue weighted by Crippen LogP contribution is -2.34. The molecule has 0 aliphatic heterocycles. The number of carbonyl (C=O) groups is 1. The quantitative estimate of drug-likeness (QED) is 0.261. The Morgan fingerprint density at radius 1 is 1.03 bits per heavy atom. The van der Waals surface area contributed by atoms with Gasteiger partial charge >= 0.3 is 6.03 Å². The number of aromatic nitrogens is 1. The number of halogens is 2. The molecule has 0 saturated carbocycles. The van der Waals surface area contributed by atoms with Gasteiger partial charge in [0, 0.05) is 35.5 Å². The molecule has 2 aromatic carbocycles. The lowest BCUT2D eigenvalue weighted by molar-refractivity contribution is 0.256. The van der Waals surface area contributed by atoms with Gasteiger partial charge in [-0.25, -0.2) is 35.3 Å². The molecular weight excluding hydrogens is 583 g/mol. The first kappa shape index (κ1) is 27.4. The van der Waals surface area contributed by atoms with Crippen LogP contribution in [0.25, 0.3) is 16.5 Å². The van der Waals surface area contributed by atoms with Crippen molar-refractivity contribution < 1.29 is 31.1 Å². The number of urea groups is 1. The van der Waals surface area contributed by atoms with Gasteiger partial charge in [-0.2, -0.15) is 0 Å². The molecule has 0 unspecified atom stereocenters. The molecule has 4 N–H and O–H groups in total. The van der Waals surface area contributed by atoms with Gasteiger partial charge in [0.2, 0.25) is 5.88 Å². The van der Waals surface area contributed by atoms with Crippen LogP contribution in [0.3, 0.4) is 0 Å². The van der Waals surface area contributed by atoms with Crippen molar-refractivity contribution >= 4 is 71.0 Å². The molecule has 4 aromatic rings. The van der Waals surface area contributed by atoms with Crippen LogP contribution in [-0.4, -0.2) is 45.8 Å². The van der Waals surface area contributed by atoms with Gasteiger partial charge in [-0.1, -0.05) is 11.6 Å². The number of hydrogen-bond acceptors (Lipinski definition) is 9. The second kappa shape index (κ2) is 9.90. The average Bonchev–Trinajstić information content (AvgIpc) is 3.26. The van der Waals surface area contributed by atoms with Crippen LogP contribution in [0.4, 0.5) is 20.6 Å². The lowest BCUT2D eigenvalue weighted by Gasteiger charge is -2.16. The fourth-order valence-electron chi connectivity index (χ4n) is 3.64. The molecule has 0 aliphatic carbocycles. The van der Waals surface area contributed by atoms with Crippen LogP contribution in [0, 0.1) is 5.82 Å². The topological polar surface area (TPSA) is 164 Å². The van der Waals surface area contributed by atoms with Crippen molar-refractivity contribution in [2.75, 3.05) is 23.9 Å². The maximum Gasteiger partial charge on any atom is 0.333 e. The van der Waals surface area contributed by atoms with Crippen molar-refractivity contribution in [3.63, 3.8) is 0 Å². The number of nitrogens with zero attached hydrogens (tertiary/aromatic N) is 1. The molecule has 200 valence electrons. The molecule has 0 aliphatic rings. The largest absolute Gasteiger partial charge is 0.493 e. The first-order chi connectivity index (χ1) is 17.7. The van der Waals surface area contributed by atoms with E-state index < -0.39 is 53.7 Å². The van der Waals surface area contributed by atoms with E-state index in [1.54, 1.807) is 11.8 Å². The zero-order valence-corrected chi connectivity index (χ0v) is 22.6. The zero-order chi connectivity index (χ0) is 28.0. The van der Waals surface area contributed by atoms with Crippen molar-refractivity contribution in [2.45, 2.75) is 9.10 Å². The van der Waals surface area contributed by atoms with Crippen LogP contribution in [0.15, 0.2) is 62.4 Å². The van der Waals surface area contributed by atoms with Gasteiger partial charge < -0.3 is 15.7 Å². The van der Waals surface area contributed by atoms with Gasteiger partial charge in [-0.05, 0) is 48.5 Å². The number of fused-ring (bicyclic) bond motifs is 1. The van der Waals surface area contributed by atoms with Gasteiger partial charge in [0.15, 0.2) is 9.84 Å². The summed E-state index contributed by atoms with van der Waals surface area (Å²) in [6.45, 7) is 0. The predicted molar refractivity (Wildman–Crippen MR) is 142 cm³/mol. The molecule has 2 amide bonds.